The van der Waals surface area contributed by atoms with Crippen LogP contribution in [0.5, 0.6) is 0 Å². The summed E-state index contributed by atoms with van der Waals surface area (Å²) in [6.07, 6.45) is 2.46. The summed E-state index contributed by atoms with van der Waals surface area (Å²) in [5.74, 6) is 0.770. The fraction of sp³-hybridized carbons (Fsp3) is 0.538. The van der Waals surface area contributed by atoms with Crippen LogP contribution in [0.1, 0.15) is 33.6 Å². The average Bonchev–Trinajstić information content (AvgIpc) is 2.21. The van der Waals surface area contributed by atoms with E-state index in [0.29, 0.717) is 6.04 Å². The van der Waals surface area contributed by atoms with Gasteiger partial charge in [0.05, 0.1) is 5.69 Å². The van der Waals surface area contributed by atoms with Crippen LogP contribution in [-0.4, -0.2) is 6.04 Å². The van der Waals surface area contributed by atoms with Gasteiger partial charge in [0.1, 0.15) is 0 Å². The fourth-order valence-electron chi connectivity index (χ4n) is 1.54. The number of hydrogen-bond acceptors (Lipinski definition) is 1. The third-order valence-electron chi connectivity index (χ3n) is 2.53. The van der Waals surface area contributed by atoms with Crippen LogP contribution in [0.25, 0.3) is 0 Å². The summed E-state index contributed by atoms with van der Waals surface area (Å²) in [4.78, 5) is 0. The van der Waals surface area contributed by atoms with E-state index in [4.69, 9.17) is 0 Å². The van der Waals surface area contributed by atoms with Crippen molar-refractivity contribution in [2.24, 2.45) is 5.92 Å². The van der Waals surface area contributed by atoms with E-state index < -0.39 is 0 Å². The lowest BCUT2D eigenvalue weighted by Crippen LogP contribution is -2.16. The van der Waals surface area contributed by atoms with E-state index in [9.17, 15) is 0 Å². The summed E-state index contributed by atoms with van der Waals surface area (Å²) < 4.78 is 2.22. The fourth-order valence-corrected chi connectivity index (χ4v) is 2.76. The van der Waals surface area contributed by atoms with Crippen molar-refractivity contribution < 1.29 is 0 Å². The van der Waals surface area contributed by atoms with Gasteiger partial charge in [0.25, 0.3) is 0 Å². The zero-order valence-corrected chi connectivity index (χ0v) is 13.2. The van der Waals surface area contributed by atoms with Crippen molar-refractivity contribution in [3.05, 3.63) is 27.1 Å². The van der Waals surface area contributed by atoms with Gasteiger partial charge >= 0.3 is 0 Å². The van der Waals surface area contributed by atoms with Gasteiger partial charge in [0.2, 0.25) is 0 Å². The third kappa shape index (κ3) is 4.46. The van der Waals surface area contributed by atoms with Crippen molar-refractivity contribution in [3.8, 4) is 0 Å². The first-order chi connectivity index (χ1) is 7.50. The lowest BCUT2D eigenvalue weighted by molar-refractivity contribution is 0.527. The minimum Gasteiger partial charge on any atom is -0.381 e. The molecule has 1 aromatic rings. The van der Waals surface area contributed by atoms with Gasteiger partial charge in [0.15, 0.2) is 0 Å². The number of anilines is 1. The molecule has 1 N–H and O–H groups in total. The van der Waals surface area contributed by atoms with E-state index in [1.807, 2.05) is 6.07 Å². The minimum absolute atomic E-state index is 0.498. The molecule has 0 aromatic heterocycles. The number of nitrogens with one attached hydrogen (secondary N) is 1. The van der Waals surface area contributed by atoms with Gasteiger partial charge in [-0.15, -0.1) is 0 Å². The molecule has 0 bridgehead atoms. The molecule has 3 heteroatoms. The maximum absolute atomic E-state index is 3.56. The largest absolute Gasteiger partial charge is 0.381 e. The average molecular weight is 349 g/mol. The Bertz CT molecular complexity index is 316. The third-order valence-corrected chi connectivity index (χ3v) is 3.85. The molecule has 0 heterocycles. The summed E-state index contributed by atoms with van der Waals surface area (Å²) in [6, 6.07) is 6.64. The molecule has 1 nitrogen and oxygen atoms in total. The van der Waals surface area contributed by atoms with Crippen LogP contribution < -0.4 is 5.32 Å². The van der Waals surface area contributed by atoms with E-state index >= 15 is 0 Å². The smallest absolute Gasteiger partial charge is 0.0631 e. The second kappa shape index (κ2) is 6.65. The molecule has 1 atom stereocenters. The Labute approximate surface area is 115 Å². The maximum Gasteiger partial charge on any atom is 0.0631 e. The van der Waals surface area contributed by atoms with Gasteiger partial charge in [0, 0.05) is 15.0 Å². The molecule has 0 saturated heterocycles. The van der Waals surface area contributed by atoms with Crippen LogP contribution >= 0.6 is 31.9 Å². The standard InChI is InChI=1S/C13H19Br2N/c1-9(2)7-8-10(3)16-13-11(14)5-4-6-12(13)15/h4-6,9-10,16H,7-8H2,1-3H3. The van der Waals surface area contributed by atoms with Crippen LogP contribution in [0.4, 0.5) is 5.69 Å². The highest BCUT2D eigenvalue weighted by Gasteiger charge is 2.08. The van der Waals surface area contributed by atoms with Crippen LogP contribution in [0.15, 0.2) is 27.1 Å². The van der Waals surface area contributed by atoms with Gasteiger partial charge in [-0.25, -0.2) is 0 Å². The number of benzene rings is 1. The summed E-state index contributed by atoms with van der Waals surface area (Å²) in [7, 11) is 0. The molecule has 0 radical (unpaired) electrons. The zero-order chi connectivity index (χ0) is 12.1. The Balaban J connectivity index is 2.59. The lowest BCUT2D eigenvalue weighted by atomic mass is 10.0. The van der Waals surface area contributed by atoms with E-state index in [2.05, 4.69) is 70.1 Å². The molecular weight excluding hydrogens is 330 g/mol. The first-order valence-electron chi connectivity index (χ1n) is 5.71. The second-order valence-corrected chi connectivity index (χ2v) is 6.32. The molecule has 0 aliphatic rings. The van der Waals surface area contributed by atoms with E-state index in [-0.39, 0.29) is 0 Å². The van der Waals surface area contributed by atoms with Gasteiger partial charge in [-0.1, -0.05) is 19.9 Å². The van der Waals surface area contributed by atoms with Crippen LogP contribution in [-0.2, 0) is 0 Å². The van der Waals surface area contributed by atoms with Crippen molar-refractivity contribution in [3.63, 3.8) is 0 Å². The van der Waals surface area contributed by atoms with Crippen LogP contribution in [0.2, 0.25) is 0 Å². The maximum atomic E-state index is 3.56. The van der Waals surface area contributed by atoms with Crippen LogP contribution in [0, 0.1) is 5.92 Å². The Morgan fingerprint density at radius 1 is 1.06 bits per heavy atom. The highest BCUT2D eigenvalue weighted by molar-refractivity contribution is 9.11. The topological polar surface area (TPSA) is 12.0 Å². The molecule has 90 valence electrons. The highest BCUT2D eigenvalue weighted by Crippen LogP contribution is 2.31. The quantitative estimate of drug-likeness (QED) is 0.746. The first kappa shape index (κ1) is 14.0. The van der Waals surface area contributed by atoms with Gasteiger partial charge in [-0.05, 0) is 69.7 Å². The Morgan fingerprint density at radius 2 is 1.62 bits per heavy atom. The Hall–Kier alpha value is -0.0200. The normalized spacial score (nSPS) is 12.9. The zero-order valence-electron chi connectivity index (χ0n) is 10.1. The number of rotatable bonds is 5. The first-order valence-corrected chi connectivity index (χ1v) is 7.30. The molecule has 0 amide bonds. The van der Waals surface area contributed by atoms with Gasteiger partial charge in [-0.3, -0.25) is 0 Å². The molecule has 1 aromatic carbocycles. The molecule has 0 saturated carbocycles. The molecule has 0 spiro atoms. The summed E-state index contributed by atoms with van der Waals surface area (Å²) in [5.41, 5.74) is 1.15. The summed E-state index contributed by atoms with van der Waals surface area (Å²) in [5, 5.41) is 3.54. The molecular formula is C13H19Br2N. The van der Waals surface area contributed by atoms with Crippen molar-refractivity contribution in [1.82, 2.24) is 0 Å². The van der Waals surface area contributed by atoms with Gasteiger partial charge in [-0.2, -0.15) is 0 Å². The van der Waals surface area contributed by atoms with Crippen molar-refractivity contribution in [2.45, 2.75) is 39.7 Å². The van der Waals surface area contributed by atoms with E-state index in [1.54, 1.807) is 0 Å². The second-order valence-electron chi connectivity index (χ2n) is 4.61. The molecule has 16 heavy (non-hydrogen) atoms. The summed E-state index contributed by atoms with van der Waals surface area (Å²) in [6.45, 7) is 6.76. The highest BCUT2D eigenvalue weighted by atomic mass is 79.9. The summed E-state index contributed by atoms with van der Waals surface area (Å²) >= 11 is 7.13. The monoisotopic (exact) mass is 347 g/mol. The predicted molar refractivity (Wildman–Crippen MR) is 79.0 cm³/mol. The molecule has 0 fully saturated rings. The number of hydrogen-bond donors (Lipinski definition) is 1. The van der Waals surface area contributed by atoms with E-state index in [0.717, 1.165) is 20.6 Å². The van der Waals surface area contributed by atoms with Crippen molar-refractivity contribution >= 4 is 37.5 Å². The van der Waals surface area contributed by atoms with Gasteiger partial charge < -0.3 is 5.32 Å². The molecule has 0 aliphatic carbocycles. The Morgan fingerprint density at radius 3 is 2.12 bits per heavy atom. The predicted octanol–water partition coefficient (Wildman–Crippen LogP) is 5.45. The minimum atomic E-state index is 0.498. The van der Waals surface area contributed by atoms with Crippen LogP contribution in [0.3, 0.4) is 0 Å². The van der Waals surface area contributed by atoms with Crippen molar-refractivity contribution in [2.75, 3.05) is 5.32 Å². The Kier molecular flexibility index (Phi) is 5.84. The number of para-hydroxylation sites is 1. The molecule has 1 rings (SSSR count). The van der Waals surface area contributed by atoms with Crippen molar-refractivity contribution in [1.29, 1.82) is 0 Å². The molecule has 0 aliphatic heterocycles. The lowest BCUT2D eigenvalue weighted by Gasteiger charge is -2.18. The SMILES string of the molecule is CC(C)CCC(C)Nc1c(Br)cccc1Br. The van der Waals surface area contributed by atoms with E-state index in [1.165, 1.54) is 12.8 Å². The molecule has 1 unspecified atom stereocenters. The number of halogens is 2.